The maximum absolute atomic E-state index is 12.7. The number of aryl methyl sites for hydroxylation is 1. The van der Waals surface area contributed by atoms with Gasteiger partial charge in [-0.2, -0.15) is 0 Å². The number of hydrogen-bond donors (Lipinski definition) is 1. The number of carbonyl (C=O) groups excluding carboxylic acids is 2. The molecule has 148 valence electrons. The van der Waals surface area contributed by atoms with Gasteiger partial charge in [0.15, 0.2) is 11.5 Å². The van der Waals surface area contributed by atoms with Crippen LogP contribution in [0.4, 0.5) is 5.69 Å². The van der Waals surface area contributed by atoms with E-state index in [9.17, 15) is 9.59 Å². The lowest BCUT2D eigenvalue weighted by molar-refractivity contribution is -0.126. The molecule has 2 aliphatic rings. The monoisotopic (exact) mass is 400 g/mol. The summed E-state index contributed by atoms with van der Waals surface area (Å²) in [4.78, 5) is 29.4. The molecule has 0 spiro atoms. The lowest BCUT2D eigenvalue weighted by Gasteiger charge is -2.22. The van der Waals surface area contributed by atoms with Crippen molar-refractivity contribution in [2.75, 3.05) is 24.7 Å². The number of nitrogens with zero attached hydrogens (tertiary/aromatic N) is 1. The molecular weight excluding hydrogens is 376 g/mol. The smallest absolute Gasteiger partial charge is 0.227 e. The third-order valence-electron chi connectivity index (χ3n) is 5.03. The van der Waals surface area contributed by atoms with Crippen LogP contribution in [0.25, 0.3) is 0 Å². The summed E-state index contributed by atoms with van der Waals surface area (Å²) in [6.45, 7) is 5.49. The van der Waals surface area contributed by atoms with Gasteiger partial charge in [0.2, 0.25) is 11.8 Å². The van der Waals surface area contributed by atoms with Gasteiger partial charge in [0.1, 0.15) is 13.2 Å². The van der Waals surface area contributed by atoms with Gasteiger partial charge in [0, 0.05) is 46.9 Å². The van der Waals surface area contributed by atoms with Crippen LogP contribution in [0.2, 0.25) is 0 Å². The molecule has 1 aromatic heterocycles. The highest BCUT2D eigenvalue weighted by Gasteiger charge is 2.36. The van der Waals surface area contributed by atoms with Gasteiger partial charge in [-0.15, -0.1) is 11.3 Å². The number of rotatable bonds is 5. The van der Waals surface area contributed by atoms with Gasteiger partial charge in [0.25, 0.3) is 0 Å². The van der Waals surface area contributed by atoms with Crippen LogP contribution in [0.15, 0.2) is 30.3 Å². The molecule has 1 N–H and O–H groups in total. The van der Waals surface area contributed by atoms with E-state index >= 15 is 0 Å². The van der Waals surface area contributed by atoms with E-state index in [2.05, 4.69) is 24.4 Å². The Hall–Kier alpha value is -2.54. The van der Waals surface area contributed by atoms with E-state index in [0.717, 1.165) is 12.1 Å². The molecule has 7 heteroatoms. The minimum atomic E-state index is -0.340. The third-order valence-corrected chi connectivity index (χ3v) is 6.05. The summed E-state index contributed by atoms with van der Waals surface area (Å²) in [5.41, 5.74) is 0.742. The highest BCUT2D eigenvalue weighted by atomic mass is 32.1. The fourth-order valence-electron chi connectivity index (χ4n) is 3.64. The van der Waals surface area contributed by atoms with E-state index in [1.165, 1.54) is 9.75 Å². The van der Waals surface area contributed by atoms with Crippen LogP contribution in [-0.4, -0.2) is 37.6 Å². The third kappa shape index (κ3) is 3.99. The number of amides is 2. The molecule has 3 heterocycles. The maximum atomic E-state index is 12.7. The SMILES string of the molecule is Cc1ccc(CC(C)NC(=O)C2CC(=O)N(c3ccc4c(c3)OCCO4)C2)s1. The van der Waals surface area contributed by atoms with E-state index in [0.29, 0.717) is 31.3 Å². The predicted molar refractivity (Wildman–Crippen MR) is 108 cm³/mol. The van der Waals surface area contributed by atoms with Gasteiger partial charge >= 0.3 is 0 Å². The Balaban J connectivity index is 1.38. The number of hydrogen-bond acceptors (Lipinski definition) is 5. The Morgan fingerprint density at radius 3 is 2.79 bits per heavy atom. The Labute approximate surface area is 168 Å². The molecule has 4 rings (SSSR count). The average molecular weight is 401 g/mol. The summed E-state index contributed by atoms with van der Waals surface area (Å²) in [6, 6.07) is 9.70. The molecular formula is C21H24N2O4S. The Morgan fingerprint density at radius 2 is 2.04 bits per heavy atom. The largest absolute Gasteiger partial charge is 0.486 e. The van der Waals surface area contributed by atoms with E-state index in [4.69, 9.17) is 9.47 Å². The summed E-state index contributed by atoms with van der Waals surface area (Å²) in [5.74, 6) is 0.888. The van der Waals surface area contributed by atoms with Gasteiger partial charge < -0.3 is 19.7 Å². The fourth-order valence-corrected chi connectivity index (χ4v) is 4.66. The first-order valence-electron chi connectivity index (χ1n) is 9.55. The molecule has 28 heavy (non-hydrogen) atoms. The molecule has 0 bridgehead atoms. The van der Waals surface area contributed by atoms with Crippen molar-refractivity contribution < 1.29 is 19.1 Å². The molecule has 0 saturated carbocycles. The van der Waals surface area contributed by atoms with Crippen molar-refractivity contribution in [3.8, 4) is 11.5 Å². The highest BCUT2D eigenvalue weighted by Crippen LogP contribution is 2.36. The van der Waals surface area contributed by atoms with Crippen molar-refractivity contribution >= 4 is 28.8 Å². The minimum absolute atomic E-state index is 0.0315. The quantitative estimate of drug-likeness (QED) is 0.838. The Kier molecular flexibility index (Phi) is 5.26. The first kappa shape index (κ1) is 18.8. The number of nitrogens with one attached hydrogen (secondary N) is 1. The van der Waals surface area contributed by atoms with Crippen LogP contribution in [0.3, 0.4) is 0 Å². The highest BCUT2D eigenvalue weighted by molar-refractivity contribution is 7.11. The number of fused-ring (bicyclic) bond motifs is 1. The molecule has 2 amide bonds. The summed E-state index contributed by atoms with van der Waals surface area (Å²) in [7, 11) is 0. The molecule has 6 nitrogen and oxygen atoms in total. The number of anilines is 1. The molecule has 2 unspecified atom stereocenters. The van der Waals surface area contributed by atoms with Crippen molar-refractivity contribution in [2.45, 2.75) is 32.7 Å². The molecule has 2 atom stereocenters. The number of carbonyl (C=O) groups is 2. The van der Waals surface area contributed by atoms with Crippen molar-refractivity contribution in [2.24, 2.45) is 5.92 Å². The van der Waals surface area contributed by atoms with E-state index in [1.54, 1.807) is 16.2 Å². The summed E-state index contributed by atoms with van der Waals surface area (Å²) < 4.78 is 11.1. The van der Waals surface area contributed by atoms with Gasteiger partial charge in [-0.05, 0) is 38.1 Å². The maximum Gasteiger partial charge on any atom is 0.227 e. The van der Waals surface area contributed by atoms with Crippen LogP contribution in [0, 0.1) is 12.8 Å². The number of benzene rings is 1. The second kappa shape index (κ2) is 7.83. The van der Waals surface area contributed by atoms with Gasteiger partial charge in [-0.1, -0.05) is 0 Å². The standard InChI is InChI=1S/C21H24N2O4S/c1-13(9-17-5-3-14(2)28-17)22-21(25)15-10-20(24)23(12-15)16-4-6-18-19(11-16)27-8-7-26-18/h3-6,11,13,15H,7-10,12H2,1-2H3,(H,22,25). The van der Waals surface area contributed by atoms with Crippen molar-refractivity contribution in [3.05, 3.63) is 40.1 Å². The minimum Gasteiger partial charge on any atom is -0.486 e. The van der Waals surface area contributed by atoms with Crippen LogP contribution in [0.1, 0.15) is 23.1 Å². The average Bonchev–Trinajstić information content (AvgIpc) is 3.26. The molecule has 1 aromatic carbocycles. The fraction of sp³-hybridized carbons (Fsp3) is 0.429. The topological polar surface area (TPSA) is 67.9 Å². The summed E-state index contributed by atoms with van der Waals surface area (Å²) in [6.07, 6.45) is 1.03. The predicted octanol–water partition coefficient (Wildman–Crippen LogP) is 2.93. The van der Waals surface area contributed by atoms with Gasteiger partial charge in [-0.3, -0.25) is 9.59 Å². The van der Waals surface area contributed by atoms with Crippen molar-refractivity contribution in [3.63, 3.8) is 0 Å². The second-order valence-corrected chi connectivity index (χ2v) is 8.73. The number of ether oxygens (including phenoxy) is 2. The first-order chi connectivity index (χ1) is 13.5. The van der Waals surface area contributed by atoms with Crippen molar-refractivity contribution in [1.82, 2.24) is 5.32 Å². The zero-order valence-corrected chi connectivity index (χ0v) is 16.9. The molecule has 1 saturated heterocycles. The first-order valence-corrected chi connectivity index (χ1v) is 10.4. The van der Waals surface area contributed by atoms with E-state index < -0.39 is 0 Å². The molecule has 2 aliphatic heterocycles. The van der Waals surface area contributed by atoms with Crippen LogP contribution in [-0.2, 0) is 16.0 Å². The van der Waals surface area contributed by atoms with Gasteiger partial charge in [0.05, 0.1) is 5.92 Å². The van der Waals surface area contributed by atoms with E-state index in [1.807, 2.05) is 25.1 Å². The molecule has 1 fully saturated rings. The van der Waals surface area contributed by atoms with Crippen molar-refractivity contribution in [1.29, 1.82) is 0 Å². The zero-order chi connectivity index (χ0) is 19.7. The second-order valence-electron chi connectivity index (χ2n) is 7.36. The zero-order valence-electron chi connectivity index (χ0n) is 16.1. The van der Waals surface area contributed by atoms with Gasteiger partial charge in [-0.25, -0.2) is 0 Å². The summed E-state index contributed by atoms with van der Waals surface area (Å²) >= 11 is 1.75. The Bertz CT molecular complexity index is 894. The lowest BCUT2D eigenvalue weighted by atomic mass is 10.1. The van der Waals surface area contributed by atoms with Crippen LogP contribution >= 0.6 is 11.3 Å². The Morgan fingerprint density at radius 1 is 1.25 bits per heavy atom. The van der Waals surface area contributed by atoms with Crippen LogP contribution < -0.4 is 19.7 Å². The van der Waals surface area contributed by atoms with E-state index in [-0.39, 0.29) is 30.2 Å². The molecule has 2 aromatic rings. The normalized spacial score (nSPS) is 19.6. The number of thiophene rings is 1. The van der Waals surface area contributed by atoms with Crippen LogP contribution in [0.5, 0.6) is 11.5 Å². The lowest BCUT2D eigenvalue weighted by Crippen LogP contribution is -2.39. The molecule has 0 radical (unpaired) electrons. The summed E-state index contributed by atoms with van der Waals surface area (Å²) in [5, 5.41) is 3.07. The molecule has 0 aliphatic carbocycles.